The minimum absolute atomic E-state index is 0.308. The van der Waals surface area contributed by atoms with Crippen LogP contribution in [0, 0.1) is 6.92 Å². The predicted molar refractivity (Wildman–Crippen MR) is 109 cm³/mol. The van der Waals surface area contributed by atoms with Gasteiger partial charge in [-0.2, -0.15) is 0 Å². The van der Waals surface area contributed by atoms with Gasteiger partial charge >= 0.3 is 5.97 Å². The number of nitrogens with zero attached hydrogens (tertiary/aromatic N) is 2. The van der Waals surface area contributed by atoms with E-state index >= 15 is 0 Å². The average molecular weight is 423 g/mol. The maximum absolute atomic E-state index is 12.9. The highest BCUT2D eigenvalue weighted by molar-refractivity contribution is 6.04. The Morgan fingerprint density at radius 3 is 2.71 bits per heavy atom. The molecule has 1 N–H and O–H groups in total. The number of nitrogens with one attached hydrogen (secondary N) is 1. The molecule has 1 saturated carbocycles. The number of anilines is 1. The summed E-state index contributed by atoms with van der Waals surface area (Å²) in [7, 11) is 0. The molecule has 0 spiro atoms. The summed E-state index contributed by atoms with van der Waals surface area (Å²) in [6.07, 6.45) is 1.02. The van der Waals surface area contributed by atoms with Gasteiger partial charge in [0.1, 0.15) is 13.2 Å². The van der Waals surface area contributed by atoms with Crippen LogP contribution < -0.4 is 14.8 Å². The first-order chi connectivity index (χ1) is 15.0. The Morgan fingerprint density at radius 2 is 1.94 bits per heavy atom. The van der Waals surface area contributed by atoms with Gasteiger partial charge in [-0.25, -0.2) is 9.78 Å². The van der Waals surface area contributed by atoms with Crippen molar-refractivity contribution in [2.75, 3.05) is 18.5 Å². The Kier molecular flexibility index (Phi) is 4.72. The predicted octanol–water partition coefficient (Wildman–Crippen LogP) is 3.36. The molecule has 1 fully saturated rings. The van der Waals surface area contributed by atoms with Crippen LogP contribution in [0.5, 0.6) is 11.5 Å². The number of amides is 1. The van der Waals surface area contributed by atoms with Gasteiger partial charge in [-0.15, -0.1) is 0 Å². The molecule has 5 rings (SSSR count). The Hall–Kier alpha value is -3.62. The second-order valence-electron chi connectivity index (χ2n) is 7.71. The number of aromatic nitrogens is 2. The van der Waals surface area contributed by atoms with Crippen molar-refractivity contribution in [1.29, 1.82) is 0 Å². The topological polar surface area (TPSA) is 113 Å². The van der Waals surface area contributed by atoms with Crippen LogP contribution in [0.2, 0.25) is 0 Å². The lowest BCUT2D eigenvalue weighted by atomic mass is 10.1. The van der Waals surface area contributed by atoms with Crippen LogP contribution >= 0.6 is 0 Å². The highest BCUT2D eigenvalue weighted by Gasteiger charge is 2.30. The number of rotatable bonds is 5. The first-order valence-electron chi connectivity index (χ1n) is 10.2. The fourth-order valence-corrected chi connectivity index (χ4v) is 3.51. The van der Waals surface area contributed by atoms with Gasteiger partial charge in [0.2, 0.25) is 0 Å². The van der Waals surface area contributed by atoms with E-state index in [1.165, 1.54) is 6.92 Å². The van der Waals surface area contributed by atoms with E-state index in [1.54, 1.807) is 31.2 Å². The molecule has 1 aromatic carbocycles. The van der Waals surface area contributed by atoms with Gasteiger partial charge in [0.25, 0.3) is 11.6 Å². The van der Waals surface area contributed by atoms with Gasteiger partial charge < -0.3 is 24.1 Å². The van der Waals surface area contributed by atoms with E-state index < -0.39 is 18.0 Å². The van der Waals surface area contributed by atoms with E-state index in [9.17, 15) is 9.59 Å². The SMILES string of the molecule is Cc1noc2nc(C3CC3)cc(C(=O)OC(C)C(=O)Nc3ccc4c(c3)OCCO4)c12. The number of benzene rings is 1. The Labute approximate surface area is 177 Å². The largest absolute Gasteiger partial charge is 0.486 e. The molecule has 0 bridgehead atoms. The monoisotopic (exact) mass is 423 g/mol. The van der Waals surface area contributed by atoms with Crippen LogP contribution in [0.25, 0.3) is 11.1 Å². The molecule has 1 unspecified atom stereocenters. The van der Waals surface area contributed by atoms with Gasteiger partial charge in [0, 0.05) is 23.4 Å². The normalized spacial score (nSPS) is 16.1. The van der Waals surface area contributed by atoms with Crippen molar-refractivity contribution in [1.82, 2.24) is 10.1 Å². The maximum atomic E-state index is 12.9. The third-order valence-corrected chi connectivity index (χ3v) is 5.32. The quantitative estimate of drug-likeness (QED) is 0.622. The molecule has 0 radical (unpaired) electrons. The summed E-state index contributed by atoms with van der Waals surface area (Å²) in [6, 6.07) is 6.82. The number of carbonyl (C=O) groups is 2. The van der Waals surface area contributed by atoms with Crippen molar-refractivity contribution in [3.63, 3.8) is 0 Å². The molecule has 9 nitrogen and oxygen atoms in total. The Bertz CT molecular complexity index is 1180. The molecule has 2 aliphatic rings. The Balaban J connectivity index is 1.32. The van der Waals surface area contributed by atoms with Gasteiger partial charge in [-0.05, 0) is 44.9 Å². The summed E-state index contributed by atoms with van der Waals surface area (Å²) in [4.78, 5) is 30.0. The number of aryl methyl sites for hydroxylation is 1. The zero-order valence-electron chi connectivity index (χ0n) is 17.1. The van der Waals surface area contributed by atoms with E-state index in [1.807, 2.05) is 0 Å². The molecule has 1 atom stereocenters. The second-order valence-corrected chi connectivity index (χ2v) is 7.71. The number of hydrogen-bond acceptors (Lipinski definition) is 8. The van der Waals surface area contributed by atoms with Gasteiger partial charge in [-0.1, -0.05) is 5.16 Å². The number of esters is 1. The third-order valence-electron chi connectivity index (χ3n) is 5.32. The van der Waals surface area contributed by atoms with Gasteiger partial charge in [-0.3, -0.25) is 4.79 Å². The minimum atomic E-state index is -1.02. The molecule has 160 valence electrons. The lowest BCUT2D eigenvalue weighted by molar-refractivity contribution is -0.123. The van der Waals surface area contributed by atoms with E-state index in [2.05, 4.69) is 15.5 Å². The summed E-state index contributed by atoms with van der Waals surface area (Å²) in [5, 5.41) is 7.16. The molecule has 1 aliphatic carbocycles. The fourth-order valence-electron chi connectivity index (χ4n) is 3.51. The zero-order chi connectivity index (χ0) is 21.5. The first kappa shape index (κ1) is 19.3. The summed E-state index contributed by atoms with van der Waals surface area (Å²) < 4.78 is 21.7. The summed E-state index contributed by atoms with van der Waals surface area (Å²) in [6.45, 7) is 4.19. The number of ether oxygens (including phenoxy) is 3. The molecule has 1 amide bonds. The summed E-state index contributed by atoms with van der Waals surface area (Å²) in [5.74, 6) is 0.423. The summed E-state index contributed by atoms with van der Waals surface area (Å²) >= 11 is 0. The van der Waals surface area contributed by atoms with Crippen molar-refractivity contribution in [2.24, 2.45) is 0 Å². The van der Waals surface area contributed by atoms with Crippen LogP contribution in [0.15, 0.2) is 28.8 Å². The van der Waals surface area contributed by atoms with Crippen LogP contribution in [0.4, 0.5) is 5.69 Å². The van der Waals surface area contributed by atoms with E-state index in [-0.39, 0.29) is 0 Å². The highest BCUT2D eigenvalue weighted by Crippen LogP contribution is 2.40. The van der Waals surface area contributed by atoms with Crippen molar-refractivity contribution in [3.05, 3.63) is 41.2 Å². The van der Waals surface area contributed by atoms with Crippen LogP contribution in [0.1, 0.15) is 47.4 Å². The molecule has 31 heavy (non-hydrogen) atoms. The Morgan fingerprint density at radius 1 is 1.16 bits per heavy atom. The van der Waals surface area contributed by atoms with Gasteiger partial charge in [0.15, 0.2) is 17.6 Å². The average Bonchev–Trinajstić information content (AvgIpc) is 3.56. The highest BCUT2D eigenvalue weighted by atomic mass is 16.6. The standard InChI is InChI=1S/C22H21N3O6/c1-11-19-15(10-16(13-3-4-13)24-21(19)31-25-11)22(27)30-12(2)20(26)23-14-5-6-17-18(9-14)29-8-7-28-17/h5-6,9-10,12-13H,3-4,7-8H2,1-2H3,(H,23,26). The molecule has 1 aliphatic heterocycles. The first-order valence-corrected chi connectivity index (χ1v) is 10.2. The smallest absolute Gasteiger partial charge is 0.339 e. The lowest BCUT2D eigenvalue weighted by Crippen LogP contribution is -2.30. The molecule has 9 heteroatoms. The number of carbonyl (C=O) groups excluding carboxylic acids is 2. The van der Waals surface area contributed by atoms with Crippen LogP contribution in [0.3, 0.4) is 0 Å². The van der Waals surface area contributed by atoms with E-state index in [0.29, 0.717) is 58.7 Å². The number of hydrogen-bond donors (Lipinski definition) is 1. The fraction of sp³-hybridized carbons (Fsp3) is 0.364. The maximum Gasteiger partial charge on any atom is 0.339 e. The van der Waals surface area contributed by atoms with Crippen LogP contribution in [-0.2, 0) is 9.53 Å². The lowest BCUT2D eigenvalue weighted by Gasteiger charge is -2.19. The number of pyridine rings is 1. The molecule has 2 aromatic heterocycles. The van der Waals surface area contributed by atoms with Crippen molar-refractivity contribution in [3.8, 4) is 11.5 Å². The molecular formula is C22H21N3O6. The molecule has 3 aromatic rings. The van der Waals surface area contributed by atoms with Crippen molar-refractivity contribution < 1.29 is 28.3 Å². The second kappa shape index (κ2) is 7.57. The van der Waals surface area contributed by atoms with Crippen LogP contribution in [-0.4, -0.2) is 41.3 Å². The van der Waals surface area contributed by atoms with Crippen molar-refractivity contribution in [2.45, 2.75) is 38.7 Å². The minimum Gasteiger partial charge on any atom is -0.486 e. The third kappa shape index (κ3) is 3.78. The van der Waals surface area contributed by atoms with Crippen molar-refractivity contribution >= 4 is 28.7 Å². The zero-order valence-corrected chi connectivity index (χ0v) is 17.1. The summed E-state index contributed by atoms with van der Waals surface area (Å²) in [5.41, 5.74) is 2.47. The molecule has 0 saturated heterocycles. The van der Waals surface area contributed by atoms with E-state index in [0.717, 1.165) is 18.5 Å². The molecular weight excluding hydrogens is 402 g/mol. The number of fused-ring (bicyclic) bond motifs is 2. The van der Waals surface area contributed by atoms with Gasteiger partial charge in [0.05, 0.1) is 16.6 Å². The van der Waals surface area contributed by atoms with E-state index in [4.69, 9.17) is 18.7 Å². The molecule has 3 heterocycles.